The maximum atomic E-state index is 13.7. The van der Waals surface area contributed by atoms with Crippen molar-refractivity contribution >= 4 is 40.9 Å². The fourth-order valence-corrected chi connectivity index (χ4v) is 3.70. The molecular weight excluding hydrogens is 423 g/mol. The summed E-state index contributed by atoms with van der Waals surface area (Å²) < 4.78 is 13.7. The molecule has 3 aromatic rings. The first kappa shape index (κ1) is 22.1. The highest BCUT2D eigenvalue weighted by Gasteiger charge is 2.22. The lowest BCUT2D eigenvalue weighted by molar-refractivity contribution is 0.102. The van der Waals surface area contributed by atoms with Crippen molar-refractivity contribution in [2.45, 2.75) is 9.92 Å². The SMILES string of the molecule is CSc1ccc(NC(=O)c2c(NCCO)nc(-c3cccc(F)c3)nc2SC)cc1. The summed E-state index contributed by atoms with van der Waals surface area (Å²) in [6, 6.07) is 13.4. The second kappa shape index (κ2) is 10.4. The zero-order valence-corrected chi connectivity index (χ0v) is 18.1. The number of hydrogen-bond donors (Lipinski definition) is 3. The highest BCUT2D eigenvalue weighted by atomic mass is 32.2. The number of benzene rings is 2. The number of aromatic nitrogens is 2. The van der Waals surface area contributed by atoms with E-state index in [9.17, 15) is 14.3 Å². The van der Waals surface area contributed by atoms with Crippen LogP contribution in [0.4, 0.5) is 15.9 Å². The Hall–Kier alpha value is -2.62. The van der Waals surface area contributed by atoms with E-state index in [0.717, 1.165) is 4.90 Å². The minimum Gasteiger partial charge on any atom is -0.395 e. The number of thioether (sulfide) groups is 2. The summed E-state index contributed by atoms with van der Waals surface area (Å²) in [6.45, 7) is 0.0707. The number of carbonyl (C=O) groups is 1. The van der Waals surface area contributed by atoms with E-state index >= 15 is 0 Å². The third-order valence-corrected chi connectivity index (χ3v) is 5.56. The third-order valence-electron chi connectivity index (χ3n) is 4.13. The van der Waals surface area contributed by atoms with Gasteiger partial charge in [0.1, 0.15) is 22.2 Å². The number of nitrogens with one attached hydrogen (secondary N) is 2. The lowest BCUT2D eigenvalue weighted by Crippen LogP contribution is -2.19. The minimum absolute atomic E-state index is 0.134. The first-order chi connectivity index (χ1) is 14.5. The predicted octanol–water partition coefficient (Wildman–Crippen LogP) is 4.38. The number of amides is 1. The van der Waals surface area contributed by atoms with Gasteiger partial charge >= 0.3 is 0 Å². The first-order valence-electron chi connectivity index (χ1n) is 9.07. The van der Waals surface area contributed by atoms with Gasteiger partial charge in [-0.3, -0.25) is 4.79 Å². The van der Waals surface area contributed by atoms with E-state index in [-0.39, 0.29) is 30.4 Å². The molecule has 0 aliphatic rings. The molecular formula is C21H21FN4O2S2. The van der Waals surface area contributed by atoms with Crippen LogP contribution in [-0.2, 0) is 0 Å². The monoisotopic (exact) mass is 444 g/mol. The fourth-order valence-electron chi connectivity index (χ4n) is 2.72. The van der Waals surface area contributed by atoms with Gasteiger partial charge in [0.15, 0.2) is 5.82 Å². The number of hydrogen-bond acceptors (Lipinski definition) is 7. The zero-order valence-electron chi connectivity index (χ0n) is 16.5. The van der Waals surface area contributed by atoms with Crippen LogP contribution in [0.1, 0.15) is 10.4 Å². The Balaban J connectivity index is 2.01. The molecule has 0 bridgehead atoms. The Labute approximate surface area is 182 Å². The van der Waals surface area contributed by atoms with Crippen LogP contribution in [-0.4, -0.2) is 46.6 Å². The predicted molar refractivity (Wildman–Crippen MR) is 121 cm³/mol. The number of nitrogens with zero attached hydrogens (tertiary/aromatic N) is 2. The molecule has 0 spiro atoms. The second-order valence-electron chi connectivity index (χ2n) is 6.12. The molecule has 0 atom stereocenters. The molecule has 2 aromatic carbocycles. The Bertz CT molecular complexity index is 1030. The van der Waals surface area contributed by atoms with E-state index in [1.807, 2.05) is 30.5 Å². The lowest BCUT2D eigenvalue weighted by atomic mass is 10.2. The first-order valence-corrected chi connectivity index (χ1v) is 11.5. The van der Waals surface area contributed by atoms with Crippen molar-refractivity contribution in [3.05, 3.63) is 59.9 Å². The smallest absolute Gasteiger partial charge is 0.262 e. The fraction of sp³-hybridized carbons (Fsp3) is 0.190. The molecule has 1 aromatic heterocycles. The summed E-state index contributed by atoms with van der Waals surface area (Å²) in [5.74, 6) is -0.203. The largest absolute Gasteiger partial charge is 0.395 e. The van der Waals surface area contributed by atoms with Gasteiger partial charge in [-0.1, -0.05) is 12.1 Å². The van der Waals surface area contributed by atoms with Crippen molar-refractivity contribution in [1.82, 2.24) is 9.97 Å². The molecule has 6 nitrogen and oxygen atoms in total. The summed E-state index contributed by atoms with van der Waals surface area (Å²) in [4.78, 5) is 23.1. The average molecular weight is 445 g/mol. The van der Waals surface area contributed by atoms with E-state index in [4.69, 9.17) is 0 Å². The molecule has 0 saturated carbocycles. The highest BCUT2D eigenvalue weighted by molar-refractivity contribution is 7.98. The van der Waals surface area contributed by atoms with Crippen LogP contribution in [0, 0.1) is 5.82 Å². The molecule has 0 unspecified atom stereocenters. The minimum atomic E-state index is -0.401. The highest BCUT2D eigenvalue weighted by Crippen LogP contribution is 2.29. The lowest BCUT2D eigenvalue weighted by Gasteiger charge is -2.15. The van der Waals surface area contributed by atoms with Gasteiger partial charge < -0.3 is 15.7 Å². The number of aliphatic hydroxyl groups is 1. The molecule has 0 aliphatic heterocycles. The molecule has 0 saturated heterocycles. The Morgan fingerprint density at radius 3 is 2.50 bits per heavy atom. The van der Waals surface area contributed by atoms with E-state index in [1.165, 1.54) is 23.9 Å². The maximum absolute atomic E-state index is 13.7. The van der Waals surface area contributed by atoms with Crippen molar-refractivity contribution in [1.29, 1.82) is 0 Å². The number of carbonyl (C=O) groups excluding carboxylic acids is 1. The van der Waals surface area contributed by atoms with Gasteiger partial charge in [0.05, 0.1) is 6.61 Å². The molecule has 9 heteroatoms. The quantitative estimate of drug-likeness (QED) is 0.351. The number of rotatable bonds is 8. The molecule has 0 fully saturated rings. The van der Waals surface area contributed by atoms with Gasteiger partial charge in [-0.2, -0.15) is 0 Å². The Kier molecular flexibility index (Phi) is 7.67. The average Bonchev–Trinajstić information content (AvgIpc) is 2.77. The molecule has 30 heavy (non-hydrogen) atoms. The van der Waals surface area contributed by atoms with Crippen molar-refractivity contribution in [2.75, 3.05) is 36.3 Å². The molecule has 0 aliphatic carbocycles. The number of anilines is 2. The molecule has 3 N–H and O–H groups in total. The zero-order chi connectivity index (χ0) is 21.5. The van der Waals surface area contributed by atoms with Gasteiger partial charge in [-0.05, 0) is 48.9 Å². The summed E-state index contributed by atoms with van der Waals surface area (Å²) in [6.07, 6.45) is 3.78. The topological polar surface area (TPSA) is 87.1 Å². The van der Waals surface area contributed by atoms with Crippen molar-refractivity contribution in [3.8, 4) is 11.4 Å². The molecule has 156 valence electrons. The van der Waals surface area contributed by atoms with Gasteiger partial charge in [-0.25, -0.2) is 14.4 Å². The van der Waals surface area contributed by atoms with Crippen molar-refractivity contribution in [2.24, 2.45) is 0 Å². The Morgan fingerprint density at radius 2 is 1.87 bits per heavy atom. The van der Waals surface area contributed by atoms with Crippen LogP contribution in [0.2, 0.25) is 0 Å². The Morgan fingerprint density at radius 1 is 1.10 bits per heavy atom. The number of aliphatic hydroxyl groups excluding tert-OH is 1. The van der Waals surface area contributed by atoms with Crippen LogP contribution in [0.25, 0.3) is 11.4 Å². The summed E-state index contributed by atoms with van der Waals surface area (Å²) in [5.41, 5.74) is 1.41. The molecule has 0 radical (unpaired) electrons. The van der Waals surface area contributed by atoms with Crippen LogP contribution in [0.5, 0.6) is 0 Å². The summed E-state index contributed by atoms with van der Waals surface area (Å²) in [7, 11) is 0. The maximum Gasteiger partial charge on any atom is 0.262 e. The normalized spacial score (nSPS) is 10.7. The molecule has 1 amide bonds. The second-order valence-corrected chi connectivity index (χ2v) is 7.80. The van der Waals surface area contributed by atoms with Crippen LogP contribution < -0.4 is 10.6 Å². The number of halogens is 1. The van der Waals surface area contributed by atoms with E-state index in [0.29, 0.717) is 22.1 Å². The van der Waals surface area contributed by atoms with Crippen LogP contribution >= 0.6 is 23.5 Å². The van der Waals surface area contributed by atoms with E-state index in [1.54, 1.807) is 30.2 Å². The standard InChI is InChI=1S/C21H21FN4O2S2/c1-29-16-8-6-15(7-9-16)24-20(28)17-19(23-10-11-27)25-18(26-21(17)30-2)13-4-3-5-14(22)12-13/h3-9,12,27H,10-11H2,1-2H3,(H,24,28)(H,23,25,26). The summed E-state index contributed by atoms with van der Waals surface area (Å²) in [5, 5.41) is 15.5. The molecule has 1 heterocycles. The van der Waals surface area contributed by atoms with Crippen molar-refractivity contribution < 1.29 is 14.3 Å². The van der Waals surface area contributed by atoms with Crippen LogP contribution in [0.3, 0.4) is 0 Å². The van der Waals surface area contributed by atoms with Gasteiger partial charge in [0.2, 0.25) is 0 Å². The van der Waals surface area contributed by atoms with Gasteiger partial charge in [0.25, 0.3) is 5.91 Å². The molecule has 3 rings (SSSR count). The van der Waals surface area contributed by atoms with Gasteiger partial charge in [-0.15, -0.1) is 23.5 Å². The van der Waals surface area contributed by atoms with E-state index in [2.05, 4.69) is 20.6 Å². The third kappa shape index (κ3) is 5.29. The van der Waals surface area contributed by atoms with Crippen LogP contribution in [0.15, 0.2) is 58.5 Å². The summed E-state index contributed by atoms with van der Waals surface area (Å²) >= 11 is 2.90. The van der Waals surface area contributed by atoms with E-state index < -0.39 is 5.82 Å². The van der Waals surface area contributed by atoms with Gasteiger partial charge in [0, 0.05) is 22.7 Å². The van der Waals surface area contributed by atoms with Crippen molar-refractivity contribution in [3.63, 3.8) is 0 Å².